The Balaban J connectivity index is 4.20. The van der Waals surface area contributed by atoms with E-state index in [1.54, 1.807) is 0 Å². The smallest absolute Gasteiger partial charge is 0.306 e. The third kappa shape index (κ3) is 48.1. The van der Waals surface area contributed by atoms with Gasteiger partial charge in [-0.3, -0.25) is 14.4 Å². The van der Waals surface area contributed by atoms with E-state index in [-0.39, 0.29) is 31.1 Å². The Morgan fingerprint density at radius 1 is 0.339 bits per heavy atom. The molecule has 0 bridgehead atoms. The quantitative estimate of drug-likeness (QED) is 0.0262. The molecule has 0 heterocycles. The van der Waals surface area contributed by atoms with Crippen LogP contribution in [0.25, 0.3) is 0 Å². The third-order valence-electron chi connectivity index (χ3n) is 11.3. The van der Waals surface area contributed by atoms with Crippen molar-refractivity contribution < 1.29 is 28.6 Å². The Hall–Kier alpha value is -2.89. The van der Waals surface area contributed by atoms with Crippen molar-refractivity contribution in [1.82, 2.24) is 0 Å². The number of carbonyl (C=O) groups is 3. The first-order valence-electron chi connectivity index (χ1n) is 26.3. The number of hydrogen-bond acceptors (Lipinski definition) is 6. The zero-order valence-corrected chi connectivity index (χ0v) is 40.9. The average molecular weight is 867 g/mol. The first kappa shape index (κ1) is 59.1. The summed E-state index contributed by atoms with van der Waals surface area (Å²) in [5, 5.41) is 0. The minimum atomic E-state index is -0.777. The molecule has 0 N–H and O–H groups in total. The van der Waals surface area contributed by atoms with Crippen molar-refractivity contribution in [3.63, 3.8) is 0 Å². The summed E-state index contributed by atoms with van der Waals surface area (Å²) in [5.74, 6) is -0.899. The van der Waals surface area contributed by atoms with Crippen LogP contribution in [-0.2, 0) is 28.6 Å². The van der Waals surface area contributed by atoms with Crippen molar-refractivity contribution in [3.05, 3.63) is 60.8 Å². The van der Waals surface area contributed by atoms with Crippen molar-refractivity contribution in [2.24, 2.45) is 0 Å². The van der Waals surface area contributed by atoms with E-state index in [0.29, 0.717) is 19.3 Å². The highest BCUT2D eigenvalue weighted by Gasteiger charge is 2.19. The van der Waals surface area contributed by atoms with Crippen molar-refractivity contribution in [2.75, 3.05) is 13.2 Å². The molecular weight excluding hydrogens is 769 g/mol. The zero-order valence-electron chi connectivity index (χ0n) is 40.9. The number of unbranched alkanes of at least 4 members (excludes halogenated alkanes) is 26. The van der Waals surface area contributed by atoms with Gasteiger partial charge in [-0.15, -0.1) is 0 Å². The summed E-state index contributed by atoms with van der Waals surface area (Å²) < 4.78 is 16.7. The number of allylic oxidation sites excluding steroid dienone is 10. The van der Waals surface area contributed by atoms with E-state index in [4.69, 9.17) is 14.2 Å². The van der Waals surface area contributed by atoms with Crippen molar-refractivity contribution in [1.29, 1.82) is 0 Å². The van der Waals surface area contributed by atoms with Gasteiger partial charge in [0.05, 0.1) is 0 Å². The van der Waals surface area contributed by atoms with Gasteiger partial charge in [0.25, 0.3) is 0 Å². The first-order chi connectivity index (χ1) is 30.5. The molecule has 6 nitrogen and oxygen atoms in total. The molecule has 0 amide bonds. The van der Waals surface area contributed by atoms with Crippen LogP contribution in [0.15, 0.2) is 60.8 Å². The summed E-state index contributed by atoms with van der Waals surface area (Å²) in [4.78, 5) is 37.8. The van der Waals surface area contributed by atoms with Crippen LogP contribution in [0.1, 0.15) is 258 Å². The minimum absolute atomic E-state index is 0.0795. The van der Waals surface area contributed by atoms with Crippen LogP contribution in [0, 0.1) is 0 Å². The van der Waals surface area contributed by atoms with Crippen molar-refractivity contribution in [2.45, 2.75) is 264 Å². The number of esters is 3. The zero-order chi connectivity index (χ0) is 45.1. The molecule has 0 aromatic heterocycles. The fourth-order valence-corrected chi connectivity index (χ4v) is 7.31. The topological polar surface area (TPSA) is 78.9 Å². The minimum Gasteiger partial charge on any atom is -0.462 e. The molecule has 6 heteroatoms. The molecule has 0 aliphatic heterocycles. The standard InChI is InChI=1S/C56H98O6/c1-4-7-10-13-16-18-20-22-24-26-27-28-29-31-32-34-36-38-40-43-46-49-55(58)61-52-53(51-60-54(57)48-45-42-15-12-9-6-3)62-56(59)50-47-44-41-39-37-35-33-30-25-23-21-19-17-14-11-8-5-2/h8,11,17,19-20,22-23,25-27,53H,4-7,9-10,12-16,18,21,24,28-52H2,1-3H3/b11-8-,19-17-,22-20-,25-23-,27-26-. The molecule has 0 rings (SSSR count). The lowest BCUT2D eigenvalue weighted by atomic mass is 10.1. The summed E-state index contributed by atoms with van der Waals surface area (Å²) in [6.45, 7) is 6.45. The second-order valence-electron chi connectivity index (χ2n) is 17.4. The van der Waals surface area contributed by atoms with Crippen LogP contribution in [-0.4, -0.2) is 37.2 Å². The highest BCUT2D eigenvalue weighted by molar-refractivity contribution is 5.71. The largest absolute Gasteiger partial charge is 0.462 e. The molecule has 0 saturated heterocycles. The highest BCUT2D eigenvalue weighted by Crippen LogP contribution is 2.15. The van der Waals surface area contributed by atoms with Gasteiger partial charge in [-0.2, -0.15) is 0 Å². The van der Waals surface area contributed by atoms with Gasteiger partial charge in [-0.25, -0.2) is 0 Å². The molecule has 1 atom stereocenters. The van der Waals surface area contributed by atoms with Gasteiger partial charge in [0.1, 0.15) is 13.2 Å². The fraction of sp³-hybridized carbons (Fsp3) is 0.768. The second-order valence-corrected chi connectivity index (χ2v) is 17.4. The van der Waals surface area contributed by atoms with E-state index in [1.807, 2.05) is 0 Å². The normalized spacial score (nSPS) is 12.5. The van der Waals surface area contributed by atoms with Crippen molar-refractivity contribution in [3.8, 4) is 0 Å². The number of ether oxygens (including phenoxy) is 3. The van der Waals surface area contributed by atoms with E-state index < -0.39 is 6.10 Å². The Morgan fingerprint density at radius 2 is 0.629 bits per heavy atom. The average Bonchev–Trinajstić information content (AvgIpc) is 3.27. The fourth-order valence-electron chi connectivity index (χ4n) is 7.31. The second kappa shape index (κ2) is 50.8. The molecule has 0 aliphatic carbocycles. The van der Waals surface area contributed by atoms with Gasteiger partial charge in [-0.05, 0) is 83.5 Å². The van der Waals surface area contributed by atoms with E-state index in [0.717, 1.165) is 89.9 Å². The van der Waals surface area contributed by atoms with Gasteiger partial charge in [0, 0.05) is 19.3 Å². The maximum atomic E-state index is 12.8. The first-order valence-corrected chi connectivity index (χ1v) is 26.3. The van der Waals surface area contributed by atoms with Crippen LogP contribution in [0.4, 0.5) is 0 Å². The van der Waals surface area contributed by atoms with Crippen LogP contribution in [0.2, 0.25) is 0 Å². The third-order valence-corrected chi connectivity index (χ3v) is 11.3. The predicted octanol–water partition coefficient (Wildman–Crippen LogP) is 17.3. The van der Waals surface area contributed by atoms with Crippen molar-refractivity contribution >= 4 is 17.9 Å². The van der Waals surface area contributed by atoms with Gasteiger partial charge in [0.15, 0.2) is 6.10 Å². The Labute approximate surface area is 383 Å². The van der Waals surface area contributed by atoms with E-state index in [1.165, 1.54) is 128 Å². The SMILES string of the molecule is CC/C=C\C/C=C\C/C=C\CCCCCCCCCC(=O)OC(COC(=O)CCCCCCCC)COC(=O)CCCCCCCCCCC/C=C\C/C=C\CCCCCCC. The van der Waals surface area contributed by atoms with Gasteiger partial charge >= 0.3 is 17.9 Å². The lowest BCUT2D eigenvalue weighted by Gasteiger charge is -2.18. The lowest BCUT2D eigenvalue weighted by molar-refractivity contribution is -0.167. The Bertz CT molecular complexity index is 1130. The van der Waals surface area contributed by atoms with E-state index in [9.17, 15) is 14.4 Å². The monoisotopic (exact) mass is 867 g/mol. The molecule has 0 aromatic carbocycles. The molecule has 0 fully saturated rings. The number of rotatable bonds is 47. The molecule has 0 radical (unpaired) electrons. The maximum Gasteiger partial charge on any atom is 0.306 e. The highest BCUT2D eigenvalue weighted by atomic mass is 16.6. The summed E-state index contributed by atoms with van der Waals surface area (Å²) >= 11 is 0. The molecule has 0 aromatic rings. The van der Waals surface area contributed by atoms with Gasteiger partial charge < -0.3 is 14.2 Å². The van der Waals surface area contributed by atoms with Gasteiger partial charge in [-0.1, -0.05) is 216 Å². The van der Waals surface area contributed by atoms with Crippen LogP contribution < -0.4 is 0 Å². The van der Waals surface area contributed by atoms with E-state index >= 15 is 0 Å². The van der Waals surface area contributed by atoms with Crippen LogP contribution in [0.3, 0.4) is 0 Å². The van der Waals surface area contributed by atoms with Crippen LogP contribution >= 0.6 is 0 Å². The summed E-state index contributed by atoms with van der Waals surface area (Å²) in [7, 11) is 0. The number of carbonyl (C=O) groups excluding carboxylic acids is 3. The van der Waals surface area contributed by atoms with Gasteiger partial charge in [0.2, 0.25) is 0 Å². The summed E-state index contributed by atoms with van der Waals surface area (Å²) in [6, 6.07) is 0. The predicted molar refractivity (Wildman–Crippen MR) is 265 cm³/mol. The summed E-state index contributed by atoms with van der Waals surface area (Å²) in [6.07, 6.45) is 62.3. The molecule has 0 saturated carbocycles. The molecule has 0 spiro atoms. The number of hydrogen-bond donors (Lipinski definition) is 0. The maximum absolute atomic E-state index is 12.8. The molecular formula is C56H98O6. The Kier molecular flexibility index (Phi) is 48.4. The molecule has 0 aliphatic rings. The lowest BCUT2D eigenvalue weighted by Crippen LogP contribution is -2.30. The van der Waals surface area contributed by atoms with E-state index in [2.05, 4.69) is 81.5 Å². The molecule has 62 heavy (non-hydrogen) atoms. The molecule has 358 valence electrons. The summed E-state index contributed by atoms with van der Waals surface area (Å²) in [5.41, 5.74) is 0. The molecule has 1 unspecified atom stereocenters. The van der Waals surface area contributed by atoms with Crippen LogP contribution in [0.5, 0.6) is 0 Å². The Morgan fingerprint density at radius 3 is 0.984 bits per heavy atom.